The molecule has 0 aromatic carbocycles. The summed E-state index contributed by atoms with van der Waals surface area (Å²) in [5.41, 5.74) is 0.293. The second-order valence-corrected chi connectivity index (χ2v) is 3.25. The number of nitriles is 1. The third kappa shape index (κ3) is 2.73. The second kappa shape index (κ2) is 4.43. The molecule has 4 heteroatoms. The molecule has 0 amide bonds. The predicted octanol–water partition coefficient (Wildman–Crippen LogP) is 2.37. The molecule has 0 spiro atoms. The van der Waals surface area contributed by atoms with E-state index in [2.05, 4.69) is 0 Å². The van der Waals surface area contributed by atoms with E-state index < -0.39 is 5.97 Å². The number of rotatable bonds is 3. The SMILES string of the molecule is N#CCC=Cc1cc(C(=O)O)cs1. The average molecular weight is 193 g/mol. The van der Waals surface area contributed by atoms with Gasteiger partial charge in [-0.1, -0.05) is 6.08 Å². The fraction of sp³-hybridized carbons (Fsp3) is 0.111. The first kappa shape index (κ1) is 9.49. The first-order valence-corrected chi connectivity index (χ1v) is 4.47. The van der Waals surface area contributed by atoms with Crippen LogP contribution in [0.4, 0.5) is 0 Å². The number of allylic oxidation sites excluding steroid dienone is 1. The molecule has 1 heterocycles. The third-order valence-electron chi connectivity index (χ3n) is 1.36. The van der Waals surface area contributed by atoms with Crippen LogP contribution in [0.5, 0.6) is 0 Å². The van der Waals surface area contributed by atoms with Gasteiger partial charge in [0, 0.05) is 10.3 Å². The minimum absolute atomic E-state index is 0.293. The molecule has 1 aromatic heterocycles. The van der Waals surface area contributed by atoms with Crippen LogP contribution < -0.4 is 0 Å². The van der Waals surface area contributed by atoms with E-state index in [0.29, 0.717) is 12.0 Å². The molecule has 66 valence electrons. The van der Waals surface area contributed by atoms with E-state index in [4.69, 9.17) is 10.4 Å². The largest absolute Gasteiger partial charge is 0.478 e. The quantitative estimate of drug-likeness (QED) is 0.801. The van der Waals surface area contributed by atoms with Gasteiger partial charge in [0.1, 0.15) is 0 Å². The standard InChI is InChI=1S/C9H7NO2S/c10-4-2-1-3-8-5-7(6-13-8)9(11)12/h1,3,5-6H,2H2,(H,11,12). The summed E-state index contributed by atoms with van der Waals surface area (Å²) in [5, 5.41) is 18.4. The lowest BCUT2D eigenvalue weighted by Gasteiger charge is -1.82. The monoisotopic (exact) mass is 193 g/mol. The van der Waals surface area contributed by atoms with Crippen LogP contribution in [0.1, 0.15) is 21.7 Å². The smallest absolute Gasteiger partial charge is 0.336 e. The van der Waals surface area contributed by atoms with Crippen LogP contribution in [0, 0.1) is 11.3 Å². The maximum Gasteiger partial charge on any atom is 0.336 e. The fourth-order valence-corrected chi connectivity index (χ4v) is 1.58. The molecule has 0 unspecified atom stereocenters. The van der Waals surface area contributed by atoms with E-state index >= 15 is 0 Å². The first-order valence-electron chi connectivity index (χ1n) is 3.59. The summed E-state index contributed by atoms with van der Waals surface area (Å²) in [7, 11) is 0. The highest BCUT2D eigenvalue weighted by Crippen LogP contribution is 2.16. The normalized spacial score (nSPS) is 10.1. The lowest BCUT2D eigenvalue weighted by atomic mass is 10.3. The first-order chi connectivity index (χ1) is 6.24. The molecule has 1 rings (SSSR count). The second-order valence-electron chi connectivity index (χ2n) is 2.31. The Bertz CT molecular complexity index is 373. The van der Waals surface area contributed by atoms with E-state index in [9.17, 15) is 4.79 Å². The summed E-state index contributed by atoms with van der Waals surface area (Å²) >= 11 is 1.35. The van der Waals surface area contributed by atoms with Crippen LogP contribution in [0.25, 0.3) is 6.08 Å². The molecular formula is C9H7NO2S. The molecule has 0 saturated carbocycles. The highest BCUT2D eigenvalue weighted by molar-refractivity contribution is 7.11. The van der Waals surface area contributed by atoms with Crippen molar-refractivity contribution in [2.45, 2.75) is 6.42 Å². The van der Waals surface area contributed by atoms with E-state index in [1.54, 1.807) is 23.6 Å². The molecule has 0 aliphatic carbocycles. The average Bonchev–Trinajstić information content (AvgIpc) is 2.53. The minimum Gasteiger partial charge on any atom is -0.478 e. The van der Waals surface area contributed by atoms with Crippen molar-refractivity contribution in [3.8, 4) is 6.07 Å². The fourth-order valence-electron chi connectivity index (χ4n) is 0.780. The number of carbonyl (C=O) groups is 1. The lowest BCUT2D eigenvalue weighted by molar-refractivity contribution is 0.0697. The summed E-state index contributed by atoms with van der Waals surface area (Å²) in [6.45, 7) is 0. The van der Waals surface area contributed by atoms with Crippen molar-refractivity contribution in [1.82, 2.24) is 0 Å². The Morgan fingerprint density at radius 3 is 3.08 bits per heavy atom. The Labute approximate surface area is 79.6 Å². The molecule has 0 saturated heterocycles. The van der Waals surface area contributed by atoms with E-state index in [-0.39, 0.29) is 0 Å². The van der Waals surface area contributed by atoms with Crippen LogP contribution >= 0.6 is 11.3 Å². The Morgan fingerprint density at radius 1 is 1.77 bits per heavy atom. The van der Waals surface area contributed by atoms with Gasteiger partial charge in [-0.2, -0.15) is 5.26 Å². The van der Waals surface area contributed by atoms with Crippen molar-refractivity contribution in [2.24, 2.45) is 0 Å². The number of hydrogen-bond donors (Lipinski definition) is 1. The van der Waals surface area contributed by atoms with E-state index in [1.165, 1.54) is 11.3 Å². The molecule has 13 heavy (non-hydrogen) atoms. The molecule has 1 N–H and O–H groups in total. The van der Waals surface area contributed by atoms with Gasteiger partial charge < -0.3 is 5.11 Å². The molecule has 0 aliphatic rings. The molecule has 1 aromatic rings. The summed E-state index contributed by atoms with van der Waals surface area (Å²) in [6, 6.07) is 3.55. The molecule has 0 atom stereocenters. The number of hydrogen-bond acceptors (Lipinski definition) is 3. The van der Waals surface area contributed by atoms with Crippen LogP contribution in [0.2, 0.25) is 0 Å². The Balaban J connectivity index is 2.70. The number of carboxylic acid groups (broad SMARTS) is 1. The molecule has 0 fully saturated rings. The Morgan fingerprint density at radius 2 is 2.54 bits per heavy atom. The third-order valence-corrected chi connectivity index (χ3v) is 2.26. The van der Waals surface area contributed by atoms with Gasteiger partial charge >= 0.3 is 5.97 Å². The maximum absolute atomic E-state index is 10.5. The van der Waals surface area contributed by atoms with Gasteiger partial charge in [-0.05, 0) is 12.1 Å². The number of nitrogens with zero attached hydrogens (tertiary/aromatic N) is 1. The summed E-state index contributed by atoms with van der Waals surface area (Å²) < 4.78 is 0. The highest BCUT2D eigenvalue weighted by Gasteiger charge is 2.03. The van der Waals surface area contributed by atoms with Crippen molar-refractivity contribution in [3.63, 3.8) is 0 Å². The highest BCUT2D eigenvalue weighted by atomic mass is 32.1. The lowest BCUT2D eigenvalue weighted by Crippen LogP contribution is -1.91. The Hall–Kier alpha value is -1.60. The van der Waals surface area contributed by atoms with Gasteiger partial charge in [0.25, 0.3) is 0 Å². The number of carboxylic acids is 1. The zero-order chi connectivity index (χ0) is 9.68. The molecule has 0 radical (unpaired) electrons. The predicted molar refractivity (Wildman–Crippen MR) is 50.5 cm³/mol. The zero-order valence-corrected chi connectivity index (χ0v) is 7.54. The van der Waals surface area contributed by atoms with Gasteiger partial charge in [-0.15, -0.1) is 11.3 Å². The number of thiophene rings is 1. The Kier molecular flexibility index (Phi) is 3.23. The van der Waals surface area contributed by atoms with Crippen LogP contribution in [-0.2, 0) is 0 Å². The van der Waals surface area contributed by atoms with Gasteiger partial charge in [-0.25, -0.2) is 4.79 Å². The summed E-state index contributed by atoms with van der Waals surface area (Å²) in [5.74, 6) is -0.920. The van der Waals surface area contributed by atoms with Crippen molar-refractivity contribution < 1.29 is 9.90 Å². The van der Waals surface area contributed by atoms with Gasteiger partial charge in [0.05, 0.1) is 18.1 Å². The molecular weight excluding hydrogens is 186 g/mol. The van der Waals surface area contributed by atoms with E-state index in [0.717, 1.165) is 4.88 Å². The molecule has 0 bridgehead atoms. The maximum atomic E-state index is 10.5. The van der Waals surface area contributed by atoms with Gasteiger partial charge in [-0.3, -0.25) is 0 Å². The topological polar surface area (TPSA) is 61.1 Å². The van der Waals surface area contributed by atoms with Crippen molar-refractivity contribution in [1.29, 1.82) is 5.26 Å². The summed E-state index contributed by atoms with van der Waals surface area (Å²) in [6.07, 6.45) is 3.80. The van der Waals surface area contributed by atoms with Gasteiger partial charge in [0.2, 0.25) is 0 Å². The molecule has 3 nitrogen and oxygen atoms in total. The summed E-state index contributed by atoms with van der Waals surface area (Å²) in [4.78, 5) is 11.3. The van der Waals surface area contributed by atoms with Crippen LogP contribution in [-0.4, -0.2) is 11.1 Å². The molecule has 0 aliphatic heterocycles. The minimum atomic E-state index is -0.920. The van der Waals surface area contributed by atoms with Crippen molar-refractivity contribution in [3.05, 3.63) is 28.0 Å². The number of aromatic carboxylic acids is 1. The van der Waals surface area contributed by atoms with Crippen molar-refractivity contribution >= 4 is 23.4 Å². The van der Waals surface area contributed by atoms with E-state index in [1.807, 2.05) is 6.07 Å². The van der Waals surface area contributed by atoms with Crippen LogP contribution in [0.3, 0.4) is 0 Å². The van der Waals surface area contributed by atoms with Crippen molar-refractivity contribution in [2.75, 3.05) is 0 Å². The zero-order valence-electron chi connectivity index (χ0n) is 6.73. The van der Waals surface area contributed by atoms with Crippen LogP contribution in [0.15, 0.2) is 17.5 Å². The van der Waals surface area contributed by atoms with Gasteiger partial charge in [0.15, 0.2) is 0 Å².